The maximum atomic E-state index is 5.25. The van der Waals surface area contributed by atoms with Crippen LogP contribution in [0, 0.1) is 6.92 Å². The van der Waals surface area contributed by atoms with Crippen LogP contribution in [0.4, 0.5) is 5.69 Å². The van der Waals surface area contributed by atoms with E-state index in [0.717, 1.165) is 17.0 Å². The second kappa shape index (κ2) is 5.23. The van der Waals surface area contributed by atoms with Gasteiger partial charge >= 0.3 is 0 Å². The van der Waals surface area contributed by atoms with Crippen molar-refractivity contribution in [3.05, 3.63) is 46.2 Å². The number of anilines is 1. The van der Waals surface area contributed by atoms with Crippen molar-refractivity contribution in [3.8, 4) is 5.75 Å². The molecule has 0 aliphatic carbocycles. The maximum absolute atomic E-state index is 5.25. The summed E-state index contributed by atoms with van der Waals surface area (Å²) in [6.07, 6.45) is 0. The Morgan fingerprint density at radius 2 is 2.12 bits per heavy atom. The molecule has 0 fully saturated rings. The van der Waals surface area contributed by atoms with Crippen LogP contribution >= 0.6 is 11.3 Å². The largest absolute Gasteiger partial charge is 0.496 e. The van der Waals surface area contributed by atoms with Gasteiger partial charge in [0.05, 0.1) is 13.2 Å². The quantitative estimate of drug-likeness (QED) is 0.872. The number of hydrogen-bond donors (Lipinski definition) is 1. The molecule has 90 valence electrons. The van der Waals surface area contributed by atoms with Crippen molar-refractivity contribution >= 4 is 17.0 Å². The summed E-state index contributed by atoms with van der Waals surface area (Å²) >= 11 is 1.77. The number of hydrogen-bond acceptors (Lipinski definition) is 3. The van der Waals surface area contributed by atoms with Crippen molar-refractivity contribution < 1.29 is 4.74 Å². The van der Waals surface area contributed by atoms with Gasteiger partial charge in [-0.25, -0.2) is 0 Å². The predicted octanol–water partition coefficient (Wildman–Crippen LogP) is 4.24. The van der Waals surface area contributed by atoms with Crippen molar-refractivity contribution in [3.63, 3.8) is 0 Å². The second-order valence-corrected chi connectivity index (χ2v) is 5.05. The number of benzene rings is 1. The van der Waals surface area contributed by atoms with Gasteiger partial charge in [-0.15, -0.1) is 11.3 Å². The molecule has 1 atom stereocenters. The normalized spacial score (nSPS) is 12.2. The van der Waals surface area contributed by atoms with E-state index in [1.54, 1.807) is 18.4 Å². The Morgan fingerprint density at radius 1 is 1.29 bits per heavy atom. The summed E-state index contributed by atoms with van der Waals surface area (Å²) < 4.78 is 5.25. The molecule has 1 aromatic carbocycles. The number of methoxy groups -OCH3 is 1. The third-order valence-electron chi connectivity index (χ3n) is 2.75. The van der Waals surface area contributed by atoms with Crippen molar-refractivity contribution in [2.24, 2.45) is 0 Å². The maximum Gasteiger partial charge on any atom is 0.121 e. The average Bonchev–Trinajstić information content (AvgIpc) is 2.82. The molecule has 1 heterocycles. The van der Waals surface area contributed by atoms with Crippen LogP contribution < -0.4 is 10.1 Å². The lowest BCUT2D eigenvalue weighted by atomic mass is 10.2. The van der Waals surface area contributed by atoms with Gasteiger partial charge in [0.25, 0.3) is 0 Å². The molecule has 2 aromatic rings. The van der Waals surface area contributed by atoms with Gasteiger partial charge in [0, 0.05) is 10.6 Å². The predicted molar refractivity (Wildman–Crippen MR) is 74.1 cm³/mol. The Kier molecular flexibility index (Phi) is 3.69. The summed E-state index contributed by atoms with van der Waals surface area (Å²) in [5, 5.41) is 5.60. The van der Waals surface area contributed by atoms with Crippen LogP contribution in [0.15, 0.2) is 35.7 Å². The fourth-order valence-electron chi connectivity index (χ4n) is 1.83. The molecule has 0 amide bonds. The van der Waals surface area contributed by atoms with Gasteiger partial charge in [-0.1, -0.05) is 6.07 Å². The first kappa shape index (κ1) is 12.0. The Hall–Kier alpha value is -1.48. The number of thiophene rings is 1. The fraction of sp³-hybridized carbons (Fsp3) is 0.286. The Labute approximate surface area is 106 Å². The molecule has 2 nitrogen and oxygen atoms in total. The zero-order chi connectivity index (χ0) is 12.3. The summed E-state index contributed by atoms with van der Waals surface area (Å²) in [6, 6.07) is 10.7. The Balaban J connectivity index is 2.11. The standard InChI is InChI=1S/C14H17NOS/c1-10-9-12(6-7-13(10)16-3)15-11(2)14-5-4-8-17-14/h4-9,11,15H,1-3H3. The highest BCUT2D eigenvalue weighted by Crippen LogP contribution is 2.26. The number of rotatable bonds is 4. The van der Waals surface area contributed by atoms with Gasteiger partial charge in [0.15, 0.2) is 0 Å². The second-order valence-electron chi connectivity index (χ2n) is 4.07. The van der Waals surface area contributed by atoms with Crippen molar-refractivity contribution in [1.82, 2.24) is 0 Å². The van der Waals surface area contributed by atoms with Crippen molar-refractivity contribution in [1.29, 1.82) is 0 Å². The molecule has 0 saturated heterocycles. The molecule has 0 bridgehead atoms. The lowest BCUT2D eigenvalue weighted by Gasteiger charge is -2.15. The van der Waals surface area contributed by atoms with E-state index in [0.29, 0.717) is 6.04 Å². The highest BCUT2D eigenvalue weighted by molar-refractivity contribution is 7.10. The van der Waals surface area contributed by atoms with Gasteiger partial charge in [0.2, 0.25) is 0 Å². The molecular weight excluding hydrogens is 230 g/mol. The van der Waals surface area contributed by atoms with E-state index in [-0.39, 0.29) is 0 Å². The fourth-order valence-corrected chi connectivity index (χ4v) is 2.56. The van der Waals surface area contributed by atoms with Gasteiger partial charge < -0.3 is 10.1 Å². The van der Waals surface area contributed by atoms with Crippen LogP contribution in [-0.4, -0.2) is 7.11 Å². The summed E-state index contributed by atoms with van der Waals surface area (Å²) in [5.41, 5.74) is 2.28. The molecule has 1 N–H and O–H groups in total. The van der Waals surface area contributed by atoms with Crippen molar-refractivity contribution in [2.45, 2.75) is 19.9 Å². The van der Waals surface area contributed by atoms with E-state index in [2.05, 4.69) is 48.8 Å². The van der Waals surface area contributed by atoms with Gasteiger partial charge in [-0.05, 0) is 49.1 Å². The molecule has 0 spiro atoms. The molecule has 0 aliphatic heterocycles. The first-order chi connectivity index (χ1) is 8.20. The topological polar surface area (TPSA) is 21.3 Å². The molecule has 1 unspecified atom stereocenters. The number of ether oxygens (including phenoxy) is 1. The molecule has 3 heteroatoms. The first-order valence-corrected chi connectivity index (χ1v) is 6.53. The van der Waals surface area contributed by atoms with Gasteiger partial charge in [-0.3, -0.25) is 0 Å². The first-order valence-electron chi connectivity index (χ1n) is 5.65. The zero-order valence-corrected chi connectivity index (χ0v) is 11.2. The van der Waals surface area contributed by atoms with Crippen LogP contribution in [0.2, 0.25) is 0 Å². The number of aryl methyl sites for hydroxylation is 1. The minimum atomic E-state index is 0.336. The smallest absolute Gasteiger partial charge is 0.121 e. The minimum Gasteiger partial charge on any atom is -0.496 e. The van der Waals surface area contributed by atoms with E-state index < -0.39 is 0 Å². The highest BCUT2D eigenvalue weighted by Gasteiger charge is 2.07. The molecule has 0 saturated carbocycles. The number of nitrogens with one attached hydrogen (secondary N) is 1. The Morgan fingerprint density at radius 3 is 2.71 bits per heavy atom. The zero-order valence-electron chi connectivity index (χ0n) is 10.4. The van der Waals surface area contributed by atoms with Crippen molar-refractivity contribution in [2.75, 3.05) is 12.4 Å². The van der Waals surface area contributed by atoms with E-state index >= 15 is 0 Å². The van der Waals surface area contributed by atoms with E-state index in [1.165, 1.54) is 4.88 Å². The summed E-state index contributed by atoms with van der Waals surface area (Å²) in [4.78, 5) is 1.35. The van der Waals surface area contributed by atoms with Crippen LogP contribution in [0.1, 0.15) is 23.4 Å². The van der Waals surface area contributed by atoms with Crippen LogP contribution in [0.3, 0.4) is 0 Å². The Bertz CT molecular complexity index is 479. The molecule has 1 aromatic heterocycles. The highest BCUT2D eigenvalue weighted by atomic mass is 32.1. The summed E-state index contributed by atoms with van der Waals surface area (Å²) in [5.74, 6) is 0.930. The third-order valence-corrected chi connectivity index (χ3v) is 3.80. The van der Waals surface area contributed by atoms with Crippen LogP contribution in [0.5, 0.6) is 5.75 Å². The molecule has 0 radical (unpaired) electrons. The van der Waals surface area contributed by atoms with E-state index in [1.807, 2.05) is 6.07 Å². The van der Waals surface area contributed by atoms with E-state index in [4.69, 9.17) is 4.74 Å². The van der Waals surface area contributed by atoms with Crippen LogP contribution in [-0.2, 0) is 0 Å². The minimum absolute atomic E-state index is 0.336. The molecule has 17 heavy (non-hydrogen) atoms. The summed E-state index contributed by atoms with van der Waals surface area (Å²) in [6.45, 7) is 4.23. The summed E-state index contributed by atoms with van der Waals surface area (Å²) in [7, 11) is 1.70. The molecule has 2 rings (SSSR count). The monoisotopic (exact) mass is 247 g/mol. The molecular formula is C14H17NOS. The third kappa shape index (κ3) is 2.80. The van der Waals surface area contributed by atoms with E-state index in [9.17, 15) is 0 Å². The SMILES string of the molecule is COc1ccc(NC(C)c2cccs2)cc1C. The lowest BCUT2D eigenvalue weighted by Crippen LogP contribution is -2.04. The molecule has 0 aliphatic rings. The van der Waals surface area contributed by atoms with Crippen LogP contribution in [0.25, 0.3) is 0 Å². The average molecular weight is 247 g/mol. The van der Waals surface area contributed by atoms with Gasteiger partial charge in [-0.2, -0.15) is 0 Å². The lowest BCUT2D eigenvalue weighted by molar-refractivity contribution is 0.412. The van der Waals surface area contributed by atoms with Gasteiger partial charge in [0.1, 0.15) is 5.75 Å².